The van der Waals surface area contributed by atoms with Gasteiger partial charge in [0.2, 0.25) is 0 Å². The fourth-order valence-electron chi connectivity index (χ4n) is 2.83. The second-order valence-electron chi connectivity index (χ2n) is 6.35. The lowest BCUT2D eigenvalue weighted by molar-refractivity contribution is -0.153. The van der Waals surface area contributed by atoms with Crippen LogP contribution in [0.25, 0.3) is 16.8 Å². The van der Waals surface area contributed by atoms with Crippen LogP contribution in [0.2, 0.25) is 0 Å². The Morgan fingerprint density at radius 3 is 2.27 bits per heavy atom. The molecule has 2 heterocycles. The zero-order valence-electron chi connectivity index (χ0n) is 15.4. The fourth-order valence-corrected chi connectivity index (χ4v) is 2.83. The molecule has 2 aromatic heterocycles. The topological polar surface area (TPSA) is 55.6 Å². The summed E-state index contributed by atoms with van der Waals surface area (Å²) < 4.78 is 81.8. The van der Waals surface area contributed by atoms with E-state index in [1.807, 2.05) is 0 Å². The molecule has 0 spiro atoms. The standard InChI is InChI=1S/C19H15F6N3O2/c1-26-12-6-7-28-15(8-12)27-14(9-18(20,21)22)16(17(28)29)11-2-4-13(5-3-11)30-10-19(23,24)25/h2-8,26H,9-10H2,1H3. The van der Waals surface area contributed by atoms with E-state index in [0.29, 0.717) is 5.69 Å². The van der Waals surface area contributed by atoms with E-state index in [9.17, 15) is 31.1 Å². The van der Waals surface area contributed by atoms with Gasteiger partial charge in [-0.15, -0.1) is 0 Å². The Kier molecular flexibility index (Phi) is 5.64. The lowest BCUT2D eigenvalue weighted by atomic mass is 10.0. The summed E-state index contributed by atoms with van der Waals surface area (Å²) in [7, 11) is 1.61. The summed E-state index contributed by atoms with van der Waals surface area (Å²) in [6.07, 6.45) is -9.23. The van der Waals surface area contributed by atoms with E-state index in [-0.39, 0.29) is 22.5 Å². The molecule has 0 fully saturated rings. The van der Waals surface area contributed by atoms with Gasteiger partial charge in [-0.1, -0.05) is 12.1 Å². The van der Waals surface area contributed by atoms with Gasteiger partial charge in [0.05, 0.1) is 17.7 Å². The van der Waals surface area contributed by atoms with Crippen molar-refractivity contribution < 1.29 is 31.1 Å². The summed E-state index contributed by atoms with van der Waals surface area (Å²) in [5.74, 6) is -0.138. The van der Waals surface area contributed by atoms with Crippen molar-refractivity contribution in [3.63, 3.8) is 0 Å². The highest BCUT2D eigenvalue weighted by Gasteiger charge is 2.32. The zero-order chi connectivity index (χ0) is 22.1. The molecule has 0 bridgehead atoms. The van der Waals surface area contributed by atoms with Crippen molar-refractivity contribution in [3.8, 4) is 16.9 Å². The molecule has 0 amide bonds. The fraction of sp³-hybridized carbons (Fsp3) is 0.263. The van der Waals surface area contributed by atoms with Crippen LogP contribution in [0.5, 0.6) is 5.75 Å². The first-order valence-corrected chi connectivity index (χ1v) is 8.56. The lowest BCUT2D eigenvalue weighted by Gasteiger charge is -2.14. The molecule has 0 saturated carbocycles. The first-order chi connectivity index (χ1) is 14.0. The van der Waals surface area contributed by atoms with E-state index in [1.165, 1.54) is 24.4 Å². The van der Waals surface area contributed by atoms with Crippen LogP contribution in [0.1, 0.15) is 5.69 Å². The molecule has 0 aliphatic heterocycles. The monoisotopic (exact) mass is 431 g/mol. The molecule has 1 N–H and O–H groups in total. The minimum absolute atomic E-state index is 0.0278. The normalized spacial score (nSPS) is 12.2. The van der Waals surface area contributed by atoms with Gasteiger partial charge in [-0.25, -0.2) is 4.98 Å². The molecule has 11 heteroatoms. The minimum Gasteiger partial charge on any atom is -0.484 e. The summed E-state index contributed by atoms with van der Waals surface area (Å²) in [6.45, 7) is -1.51. The number of hydrogen-bond acceptors (Lipinski definition) is 4. The van der Waals surface area contributed by atoms with Gasteiger partial charge < -0.3 is 10.1 Å². The number of anilines is 1. The van der Waals surface area contributed by atoms with Crippen molar-refractivity contribution in [2.75, 3.05) is 19.0 Å². The van der Waals surface area contributed by atoms with Crippen molar-refractivity contribution in [3.05, 3.63) is 58.6 Å². The Bertz CT molecular complexity index is 1100. The van der Waals surface area contributed by atoms with E-state index in [1.54, 1.807) is 13.1 Å². The molecule has 3 rings (SSSR count). The highest BCUT2D eigenvalue weighted by molar-refractivity contribution is 5.68. The third kappa shape index (κ3) is 5.02. The molecule has 160 valence electrons. The molecular weight excluding hydrogens is 416 g/mol. The van der Waals surface area contributed by atoms with Crippen LogP contribution in [-0.2, 0) is 6.42 Å². The van der Waals surface area contributed by atoms with E-state index in [2.05, 4.69) is 15.0 Å². The summed E-state index contributed by atoms with van der Waals surface area (Å²) in [6, 6.07) is 7.72. The van der Waals surface area contributed by atoms with Crippen molar-refractivity contribution >= 4 is 11.3 Å². The summed E-state index contributed by atoms with van der Waals surface area (Å²) >= 11 is 0. The van der Waals surface area contributed by atoms with Crippen LogP contribution in [0, 0.1) is 0 Å². The minimum atomic E-state index is -4.62. The van der Waals surface area contributed by atoms with Gasteiger partial charge in [0.25, 0.3) is 5.56 Å². The van der Waals surface area contributed by atoms with Crippen LogP contribution < -0.4 is 15.6 Å². The van der Waals surface area contributed by atoms with Crippen LogP contribution in [0.3, 0.4) is 0 Å². The average molecular weight is 431 g/mol. The molecule has 0 aliphatic rings. The predicted molar refractivity (Wildman–Crippen MR) is 97.8 cm³/mol. The van der Waals surface area contributed by atoms with Crippen molar-refractivity contribution in [1.82, 2.24) is 9.38 Å². The molecule has 5 nitrogen and oxygen atoms in total. The number of halogens is 6. The summed E-state index contributed by atoms with van der Waals surface area (Å²) in [4.78, 5) is 17.0. The summed E-state index contributed by atoms with van der Waals surface area (Å²) in [5, 5.41) is 2.81. The number of ether oxygens (including phenoxy) is 1. The first-order valence-electron chi connectivity index (χ1n) is 8.56. The molecule has 0 saturated heterocycles. The molecule has 1 aromatic carbocycles. The van der Waals surface area contributed by atoms with Gasteiger partial charge in [-0.3, -0.25) is 9.20 Å². The molecule has 30 heavy (non-hydrogen) atoms. The van der Waals surface area contributed by atoms with E-state index < -0.39 is 36.6 Å². The number of benzene rings is 1. The van der Waals surface area contributed by atoms with Gasteiger partial charge in [0.1, 0.15) is 11.4 Å². The Balaban J connectivity index is 2.10. The quantitative estimate of drug-likeness (QED) is 0.607. The largest absolute Gasteiger partial charge is 0.484 e. The maximum absolute atomic E-state index is 13.1. The third-order valence-corrected chi connectivity index (χ3v) is 4.11. The Morgan fingerprint density at radius 2 is 1.70 bits per heavy atom. The van der Waals surface area contributed by atoms with Gasteiger partial charge in [-0.05, 0) is 23.8 Å². The van der Waals surface area contributed by atoms with Gasteiger partial charge >= 0.3 is 12.4 Å². The van der Waals surface area contributed by atoms with E-state index >= 15 is 0 Å². The van der Waals surface area contributed by atoms with Crippen LogP contribution in [0.4, 0.5) is 32.0 Å². The Hall–Kier alpha value is -3.24. The maximum atomic E-state index is 13.1. The molecular formula is C19H15F6N3O2. The van der Waals surface area contributed by atoms with Crippen molar-refractivity contribution in [2.24, 2.45) is 0 Å². The predicted octanol–water partition coefficient (Wildman–Crippen LogP) is 4.45. The molecule has 0 atom stereocenters. The van der Waals surface area contributed by atoms with Crippen LogP contribution in [-0.4, -0.2) is 35.4 Å². The van der Waals surface area contributed by atoms with E-state index in [4.69, 9.17) is 0 Å². The Morgan fingerprint density at radius 1 is 1.03 bits per heavy atom. The number of nitrogens with zero attached hydrogens (tertiary/aromatic N) is 2. The number of nitrogens with one attached hydrogen (secondary N) is 1. The third-order valence-electron chi connectivity index (χ3n) is 4.11. The van der Waals surface area contributed by atoms with E-state index in [0.717, 1.165) is 16.5 Å². The molecule has 0 radical (unpaired) electrons. The first kappa shape index (κ1) is 21.5. The number of fused-ring (bicyclic) bond motifs is 1. The van der Waals surface area contributed by atoms with Gasteiger partial charge in [0.15, 0.2) is 6.61 Å². The smallest absolute Gasteiger partial charge is 0.422 e. The van der Waals surface area contributed by atoms with Crippen LogP contribution >= 0.6 is 0 Å². The second-order valence-corrected chi connectivity index (χ2v) is 6.35. The highest BCUT2D eigenvalue weighted by atomic mass is 19.4. The number of aromatic nitrogens is 2. The number of rotatable bonds is 5. The average Bonchev–Trinajstić information content (AvgIpc) is 2.65. The summed E-state index contributed by atoms with van der Waals surface area (Å²) in [5.41, 5.74) is -0.836. The Labute approximate surface area is 165 Å². The van der Waals surface area contributed by atoms with Gasteiger partial charge in [-0.2, -0.15) is 26.3 Å². The second kappa shape index (κ2) is 7.88. The molecule has 0 aliphatic carbocycles. The lowest BCUT2D eigenvalue weighted by Crippen LogP contribution is -2.23. The number of pyridine rings is 1. The number of alkyl halides is 6. The van der Waals surface area contributed by atoms with Gasteiger partial charge in [0, 0.05) is 25.0 Å². The van der Waals surface area contributed by atoms with Crippen LogP contribution in [0.15, 0.2) is 47.4 Å². The van der Waals surface area contributed by atoms with Crippen molar-refractivity contribution in [2.45, 2.75) is 18.8 Å². The SMILES string of the molecule is CNc1ccn2c(=O)c(-c3ccc(OCC(F)(F)F)cc3)c(CC(F)(F)F)nc2c1. The van der Waals surface area contributed by atoms with Crippen molar-refractivity contribution in [1.29, 1.82) is 0 Å². The molecule has 3 aromatic rings. The highest BCUT2D eigenvalue weighted by Crippen LogP contribution is 2.29. The maximum Gasteiger partial charge on any atom is 0.422 e. The zero-order valence-corrected chi connectivity index (χ0v) is 15.4. The molecule has 0 unspecified atom stereocenters. The number of hydrogen-bond donors (Lipinski definition) is 1.